The number of rotatable bonds is 6. The molecule has 3 N–H and O–H groups in total. The third-order valence-corrected chi connectivity index (χ3v) is 2.91. The lowest BCUT2D eigenvalue weighted by atomic mass is 10.1. The van der Waals surface area contributed by atoms with Crippen LogP contribution in [0.25, 0.3) is 0 Å². The highest BCUT2D eigenvalue weighted by Crippen LogP contribution is 2.22. The van der Waals surface area contributed by atoms with Crippen LogP contribution >= 0.6 is 0 Å². The largest absolute Gasteiger partial charge is 0.508 e. The van der Waals surface area contributed by atoms with Gasteiger partial charge in [-0.1, -0.05) is 6.92 Å². The average Bonchev–Trinajstić information content (AvgIpc) is 2.30. The molecule has 0 amide bonds. The van der Waals surface area contributed by atoms with Crippen molar-refractivity contribution in [3.05, 3.63) is 23.8 Å². The summed E-state index contributed by atoms with van der Waals surface area (Å²) < 4.78 is 5.15. The van der Waals surface area contributed by atoms with Crippen molar-refractivity contribution < 1.29 is 9.84 Å². The van der Waals surface area contributed by atoms with Gasteiger partial charge in [0.05, 0.1) is 6.61 Å². The van der Waals surface area contributed by atoms with E-state index in [0.29, 0.717) is 30.6 Å². The number of ether oxygens (including phenoxy) is 1. The van der Waals surface area contributed by atoms with Crippen LogP contribution in [0.5, 0.6) is 5.75 Å². The van der Waals surface area contributed by atoms with Gasteiger partial charge in [-0.2, -0.15) is 0 Å². The number of methoxy groups -OCH3 is 1. The van der Waals surface area contributed by atoms with Crippen molar-refractivity contribution in [2.24, 2.45) is 0 Å². The maximum atomic E-state index is 9.78. The summed E-state index contributed by atoms with van der Waals surface area (Å²) in [5.74, 6) is 0.294. The van der Waals surface area contributed by atoms with E-state index >= 15 is 0 Å². The van der Waals surface area contributed by atoms with E-state index in [2.05, 4.69) is 18.7 Å². The molecule has 4 heteroatoms. The third-order valence-electron chi connectivity index (χ3n) is 2.91. The first-order valence-corrected chi connectivity index (χ1v) is 5.88. The van der Waals surface area contributed by atoms with Gasteiger partial charge in [0.15, 0.2) is 0 Å². The van der Waals surface area contributed by atoms with Crippen LogP contribution in [0, 0.1) is 0 Å². The average molecular weight is 238 g/mol. The van der Waals surface area contributed by atoms with Gasteiger partial charge < -0.3 is 15.6 Å². The summed E-state index contributed by atoms with van der Waals surface area (Å²) in [5.41, 5.74) is 7.26. The lowest BCUT2D eigenvalue weighted by molar-refractivity contribution is 0.0977. The molecule has 4 nitrogen and oxygen atoms in total. The third kappa shape index (κ3) is 3.91. The Morgan fingerprint density at radius 2 is 2.18 bits per heavy atom. The van der Waals surface area contributed by atoms with Crippen molar-refractivity contribution in [2.75, 3.05) is 26.0 Å². The summed E-state index contributed by atoms with van der Waals surface area (Å²) in [6.07, 6.45) is 0. The Hall–Kier alpha value is -1.26. The van der Waals surface area contributed by atoms with Crippen LogP contribution in [-0.4, -0.2) is 36.3 Å². The normalized spacial score (nSPS) is 12.9. The molecule has 0 bridgehead atoms. The highest BCUT2D eigenvalue weighted by atomic mass is 16.5. The molecule has 0 aliphatic rings. The zero-order valence-electron chi connectivity index (χ0n) is 10.8. The summed E-state index contributed by atoms with van der Waals surface area (Å²) in [7, 11) is 1.70. The Kier molecular flexibility index (Phi) is 5.25. The molecule has 0 radical (unpaired) electrons. The number of aromatic hydroxyl groups is 1. The molecule has 1 rings (SSSR count). The van der Waals surface area contributed by atoms with E-state index in [0.717, 1.165) is 12.1 Å². The Morgan fingerprint density at radius 3 is 2.76 bits per heavy atom. The van der Waals surface area contributed by atoms with Crippen LogP contribution in [0.4, 0.5) is 5.69 Å². The second-order valence-electron chi connectivity index (χ2n) is 4.26. The summed E-state index contributed by atoms with van der Waals surface area (Å²) in [4.78, 5) is 2.23. The van der Waals surface area contributed by atoms with Crippen molar-refractivity contribution in [1.29, 1.82) is 0 Å². The molecule has 0 aliphatic carbocycles. The maximum absolute atomic E-state index is 9.78. The monoisotopic (exact) mass is 238 g/mol. The molecular formula is C13H22N2O2. The fourth-order valence-electron chi connectivity index (χ4n) is 1.88. The number of phenols is 1. The molecule has 0 heterocycles. The van der Waals surface area contributed by atoms with Gasteiger partial charge in [0.2, 0.25) is 0 Å². The molecule has 0 fully saturated rings. The van der Waals surface area contributed by atoms with Gasteiger partial charge >= 0.3 is 0 Å². The molecule has 17 heavy (non-hydrogen) atoms. The lowest BCUT2D eigenvalue weighted by Crippen LogP contribution is -2.35. The van der Waals surface area contributed by atoms with Gasteiger partial charge in [0.1, 0.15) is 5.75 Å². The molecule has 0 aliphatic heterocycles. The number of phenolic OH excluding ortho intramolecular Hbond substituents is 1. The van der Waals surface area contributed by atoms with Crippen LogP contribution in [0.2, 0.25) is 0 Å². The van der Waals surface area contributed by atoms with Gasteiger partial charge in [-0.3, -0.25) is 4.90 Å². The molecule has 1 atom stereocenters. The topological polar surface area (TPSA) is 58.7 Å². The number of anilines is 1. The van der Waals surface area contributed by atoms with Crippen LogP contribution in [0.3, 0.4) is 0 Å². The predicted octanol–water partition coefficient (Wildman–Crippen LogP) is 1.83. The number of hydrogen-bond acceptors (Lipinski definition) is 4. The first-order chi connectivity index (χ1) is 8.08. The van der Waals surface area contributed by atoms with E-state index < -0.39 is 0 Å². The Bertz CT molecular complexity index is 355. The van der Waals surface area contributed by atoms with Crippen LogP contribution in [0.15, 0.2) is 18.2 Å². The molecule has 0 saturated heterocycles. The summed E-state index contributed by atoms with van der Waals surface area (Å²) >= 11 is 0. The molecule has 0 spiro atoms. The van der Waals surface area contributed by atoms with E-state index in [1.807, 2.05) is 6.07 Å². The summed E-state index contributed by atoms with van der Waals surface area (Å²) in [6.45, 7) is 6.46. The van der Waals surface area contributed by atoms with Crippen LogP contribution in [-0.2, 0) is 11.3 Å². The highest BCUT2D eigenvalue weighted by molar-refractivity contribution is 5.47. The van der Waals surface area contributed by atoms with E-state index in [-0.39, 0.29) is 0 Å². The van der Waals surface area contributed by atoms with Gasteiger partial charge in [0.25, 0.3) is 0 Å². The number of likely N-dealkylation sites (N-methyl/N-ethyl adjacent to an activating group) is 1. The standard InChI is InChI=1S/C13H22N2O2/c1-4-15(10(2)9-17-3)8-11-7-12(14)5-6-13(11)16/h5-7,10,16H,4,8-9,14H2,1-3H3. The molecule has 96 valence electrons. The van der Waals surface area contributed by atoms with E-state index in [4.69, 9.17) is 10.5 Å². The molecule has 0 saturated carbocycles. The molecule has 1 unspecified atom stereocenters. The molecular weight excluding hydrogens is 216 g/mol. The second kappa shape index (κ2) is 6.47. The highest BCUT2D eigenvalue weighted by Gasteiger charge is 2.14. The van der Waals surface area contributed by atoms with Crippen molar-refractivity contribution >= 4 is 5.69 Å². The van der Waals surface area contributed by atoms with Gasteiger partial charge in [0, 0.05) is 30.9 Å². The van der Waals surface area contributed by atoms with Crippen LogP contribution in [0.1, 0.15) is 19.4 Å². The number of hydrogen-bond donors (Lipinski definition) is 2. The first-order valence-electron chi connectivity index (χ1n) is 5.88. The minimum Gasteiger partial charge on any atom is -0.508 e. The number of nitrogens with two attached hydrogens (primary N) is 1. The minimum atomic E-state index is 0.294. The van der Waals surface area contributed by atoms with Gasteiger partial charge in [-0.05, 0) is 31.7 Å². The Balaban J connectivity index is 2.76. The molecule has 1 aromatic rings. The van der Waals surface area contributed by atoms with E-state index in [1.54, 1.807) is 19.2 Å². The summed E-state index contributed by atoms with van der Waals surface area (Å²) in [5, 5.41) is 9.78. The van der Waals surface area contributed by atoms with Gasteiger partial charge in [-0.15, -0.1) is 0 Å². The molecule has 0 aromatic heterocycles. The lowest BCUT2D eigenvalue weighted by Gasteiger charge is -2.27. The van der Waals surface area contributed by atoms with Crippen molar-refractivity contribution in [3.8, 4) is 5.75 Å². The van der Waals surface area contributed by atoms with E-state index in [9.17, 15) is 5.11 Å². The second-order valence-corrected chi connectivity index (χ2v) is 4.26. The smallest absolute Gasteiger partial charge is 0.120 e. The Morgan fingerprint density at radius 1 is 1.47 bits per heavy atom. The van der Waals surface area contributed by atoms with Gasteiger partial charge in [-0.25, -0.2) is 0 Å². The first kappa shape index (κ1) is 13.8. The molecule has 1 aromatic carbocycles. The zero-order valence-corrected chi connectivity index (χ0v) is 10.8. The minimum absolute atomic E-state index is 0.294. The fraction of sp³-hybridized carbons (Fsp3) is 0.538. The zero-order chi connectivity index (χ0) is 12.8. The summed E-state index contributed by atoms with van der Waals surface area (Å²) in [6, 6.07) is 5.47. The van der Waals surface area contributed by atoms with E-state index in [1.165, 1.54) is 0 Å². The predicted molar refractivity (Wildman–Crippen MR) is 69.9 cm³/mol. The number of nitrogen functional groups attached to an aromatic ring is 1. The van der Waals surface area contributed by atoms with Crippen molar-refractivity contribution in [3.63, 3.8) is 0 Å². The fourth-order valence-corrected chi connectivity index (χ4v) is 1.88. The number of benzene rings is 1. The van der Waals surface area contributed by atoms with Crippen molar-refractivity contribution in [2.45, 2.75) is 26.4 Å². The quantitative estimate of drug-likeness (QED) is 0.586. The maximum Gasteiger partial charge on any atom is 0.120 e. The Labute approximate surface area is 103 Å². The number of nitrogens with zero attached hydrogens (tertiary/aromatic N) is 1. The SMILES string of the molecule is CCN(Cc1cc(N)ccc1O)C(C)COC. The van der Waals surface area contributed by atoms with Crippen LogP contribution < -0.4 is 5.73 Å². The van der Waals surface area contributed by atoms with Crippen molar-refractivity contribution in [1.82, 2.24) is 4.90 Å².